The van der Waals surface area contributed by atoms with Crippen molar-refractivity contribution in [1.29, 1.82) is 0 Å². The Morgan fingerprint density at radius 1 is 1.47 bits per heavy atom. The summed E-state index contributed by atoms with van der Waals surface area (Å²) in [7, 11) is -3.75. The van der Waals surface area contributed by atoms with E-state index in [1.54, 1.807) is 0 Å². The molecule has 0 aliphatic rings. The summed E-state index contributed by atoms with van der Waals surface area (Å²) in [4.78, 5) is 9.78. The van der Waals surface area contributed by atoms with Crippen molar-refractivity contribution in [1.82, 2.24) is 0 Å². The predicted molar refractivity (Wildman–Crippen MR) is 54.9 cm³/mol. The van der Waals surface area contributed by atoms with Crippen LogP contribution in [0.5, 0.6) is 0 Å². The van der Waals surface area contributed by atoms with Gasteiger partial charge in [0.2, 0.25) is 10.0 Å². The monoisotopic (exact) mass is 250 g/mol. The molecule has 0 heterocycles. The molecule has 0 saturated carbocycles. The van der Waals surface area contributed by atoms with Gasteiger partial charge < -0.3 is 0 Å². The van der Waals surface area contributed by atoms with Gasteiger partial charge in [-0.25, -0.2) is 13.6 Å². The molecule has 0 atom stereocenters. The molecule has 15 heavy (non-hydrogen) atoms. The van der Waals surface area contributed by atoms with Gasteiger partial charge in [0.05, 0.1) is 10.7 Å². The maximum absolute atomic E-state index is 10.8. The average Bonchev–Trinajstić information content (AvgIpc) is 2.06. The molecule has 2 N–H and O–H groups in total. The standard InChI is InChI=1S/C7H7ClN2O4S/c8-7-2-1-6(10(11)12)3-5(7)4-15(9,13)14/h1-3H,4H2,(H2,9,13,14). The van der Waals surface area contributed by atoms with E-state index in [0.29, 0.717) is 0 Å². The topological polar surface area (TPSA) is 103 Å². The Labute approximate surface area is 90.9 Å². The second-order valence-electron chi connectivity index (χ2n) is 2.84. The van der Waals surface area contributed by atoms with Crippen LogP contribution in [-0.4, -0.2) is 13.3 Å². The zero-order chi connectivity index (χ0) is 11.6. The summed E-state index contributed by atoms with van der Waals surface area (Å²) in [6, 6.07) is 3.54. The molecule has 0 spiro atoms. The third-order valence-electron chi connectivity index (χ3n) is 1.60. The minimum absolute atomic E-state index is 0.119. The van der Waals surface area contributed by atoms with E-state index in [-0.39, 0.29) is 16.3 Å². The fraction of sp³-hybridized carbons (Fsp3) is 0.143. The maximum atomic E-state index is 10.8. The summed E-state index contributed by atoms with van der Waals surface area (Å²) in [5.41, 5.74) is -0.105. The van der Waals surface area contributed by atoms with Crippen LogP contribution in [-0.2, 0) is 15.8 Å². The van der Waals surface area contributed by atoms with E-state index in [1.165, 1.54) is 12.1 Å². The lowest BCUT2D eigenvalue weighted by Crippen LogP contribution is -2.14. The number of nitro groups is 1. The molecular weight excluding hydrogens is 244 g/mol. The summed E-state index contributed by atoms with van der Waals surface area (Å²) in [6.45, 7) is 0. The number of hydrogen-bond donors (Lipinski definition) is 1. The maximum Gasteiger partial charge on any atom is 0.269 e. The fourth-order valence-electron chi connectivity index (χ4n) is 1.00. The first-order valence-corrected chi connectivity index (χ1v) is 5.82. The van der Waals surface area contributed by atoms with E-state index in [9.17, 15) is 18.5 Å². The molecule has 0 aliphatic heterocycles. The van der Waals surface area contributed by atoms with Crippen LogP contribution in [0.2, 0.25) is 5.02 Å². The van der Waals surface area contributed by atoms with Crippen LogP contribution in [0.1, 0.15) is 5.56 Å². The van der Waals surface area contributed by atoms with E-state index in [0.717, 1.165) is 6.07 Å². The molecule has 0 bridgehead atoms. The Hall–Kier alpha value is -1.18. The number of primary sulfonamides is 1. The largest absolute Gasteiger partial charge is 0.269 e. The quantitative estimate of drug-likeness (QED) is 0.639. The Balaban J connectivity index is 3.17. The van der Waals surface area contributed by atoms with Gasteiger partial charge in [-0.15, -0.1) is 0 Å². The molecule has 0 fully saturated rings. The summed E-state index contributed by atoms with van der Waals surface area (Å²) in [5, 5.41) is 15.4. The van der Waals surface area contributed by atoms with Gasteiger partial charge in [-0.05, 0) is 11.6 Å². The van der Waals surface area contributed by atoms with Crippen LogP contribution in [0, 0.1) is 10.1 Å². The summed E-state index contributed by atoms with van der Waals surface area (Å²) in [5.74, 6) is -0.520. The van der Waals surface area contributed by atoms with Crippen LogP contribution in [0.4, 0.5) is 5.69 Å². The molecule has 0 radical (unpaired) electrons. The van der Waals surface area contributed by atoms with Crippen molar-refractivity contribution in [2.75, 3.05) is 0 Å². The normalized spacial score (nSPS) is 11.3. The highest BCUT2D eigenvalue weighted by molar-refractivity contribution is 7.88. The van der Waals surface area contributed by atoms with E-state index in [4.69, 9.17) is 16.7 Å². The zero-order valence-electron chi connectivity index (χ0n) is 7.38. The number of nitro benzene ring substituents is 1. The predicted octanol–water partition coefficient (Wildman–Crippen LogP) is 1.04. The van der Waals surface area contributed by atoms with Crippen LogP contribution in [0.3, 0.4) is 0 Å². The van der Waals surface area contributed by atoms with Gasteiger partial charge in [-0.3, -0.25) is 10.1 Å². The first-order chi connectivity index (χ1) is 6.79. The molecule has 8 heteroatoms. The van der Waals surface area contributed by atoms with Gasteiger partial charge in [-0.1, -0.05) is 11.6 Å². The van der Waals surface area contributed by atoms with Crippen molar-refractivity contribution in [2.45, 2.75) is 5.75 Å². The number of halogens is 1. The lowest BCUT2D eigenvalue weighted by atomic mass is 10.2. The third-order valence-corrected chi connectivity index (χ3v) is 2.68. The second-order valence-corrected chi connectivity index (χ2v) is 4.86. The number of benzene rings is 1. The Bertz CT molecular complexity index is 500. The van der Waals surface area contributed by atoms with Crippen LogP contribution >= 0.6 is 11.6 Å². The van der Waals surface area contributed by atoms with Gasteiger partial charge in [0.15, 0.2) is 0 Å². The van der Waals surface area contributed by atoms with Crippen molar-refractivity contribution in [3.05, 3.63) is 38.9 Å². The van der Waals surface area contributed by atoms with Crippen LogP contribution in [0.15, 0.2) is 18.2 Å². The van der Waals surface area contributed by atoms with Crippen LogP contribution in [0.25, 0.3) is 0 Å². The van der Waals surface area contributed by atoms with E-state index >= 15 is 0 Å². The number of nitrogens with zero attached hydrogens (tertiary/aromatic N) is 1. The zero-order valence-corrected chi connectivity index (χ0v) is 8.96. The van der Waals surface area contributed by atoms with Gasteiger partial charge in [0, 0.05) is 17.2 Å². The average molecular weight is 251 g/mol. The lowest BCUT2D eigenvalue weighted by molar-refractivity contribution is -0.384. The molecule has 0 aromatic heterocycles. The van der Waals surface area contributed by atoms with Crippen molar-refractivity contribution in [3.63, 3.8) is 0 Å². The summed E-state index contributed by atoms with van der Waals surface area (Å²) < 4.78 is 21.6. The minimum atomic E-state index is -3.75. The summed E-state index contributed by atoms with van der Waals surface area (Å²) >= 11 is 5.66. The fourth-order valence-corrected chi connectivity index (χ4v) is 1.94. The smallest absolute Gasteiger partial charge is 0.258 e. The highest BCUT2D eigenvalue weighted by atomic mass is 35.5. The van der Waals surface area contributed by atoms with Gasteiger partial charge >= 0.3 is 0 Å². The van der Waals surface area contributed by atoms with Gasteiger partial charge in [0.25, 0.3) is 5.69 Å². The molecular formula is C7H7ClN2O4S. The first kappa shape index (κ1) is 11.9. The van der Waals surface area contributed by atoms with E-state index in [2.05, 4.69) is 0 Å². The van der Waals surface area contributed by atoms with Crippen molar-refractivity contribution in [2.24, 2.45) is 5.14 Å². The van der Waals surface area contributed by atoms with Crippen LogP contribution < -0.4 is 5.14 Å². The first-order valence-electron chi connectivity index (χ1n) is 3.73. The number of hydrogen-bond acceptors (Lipinski definition) is 4. The SMILES string of the molecule is NS(=O)(=O)Cc1cc([N+](=O)[O-])ccc1Cl. The number of non-ortho nitro benzene ring substituents is 1. The molecule has 1 aromatic carbocycles. The van der Waals surface area contributed by atoms with Crippen molar-refractivity contribution in [3.8, 4) is 0 Å². The Kier molecular flexibility index (Phi) is 3.28. The second kappa shape index (κ2) is 4.13. The van der Waals surface area contributed by atoms with E-state index < -0.39 is 20.7 Å². The minimum Gasteiger partial charge on any atom is -0.258 e. The molecule has 0 saturated heterocycles. The number of rotatable bonds is 3. The van der Waals surface area contributed by atoms with Gasteiger partial charge in [-0.2, -0.15) is 0 Å². The molecule has 82 valence electrons. The summed E-state index contributed by atoms with van der Waals surface area (Å²) in [6.07, 6.45) is 0. The highest BCUT2D eigenvalue weighted by Crippen LogP contribution is 2.23. The molecule has 0 unspecified atom stereocenters. The number of nitrogens with two attached hydrogens (primary N) is 1. The number of sulfonamides is 1. The van der Waals surface area contributed by atoms with Crippen molar-refractivity contribution >= 4 is 27.3 Å². The molecule has 0 aliphatic carbocycles. The lowest BCUT2D eigenvalue weighted by Gasteiger charge is -2.01. The Morgan fingerprint density at radius 2 is 2.07 bits per heavy atom. The third kappa shape index (κ3) is 3.46. The Morgan fingerprint density at radius 3 is 2.53 bits per heavy atom. The van der Waals surface area contributed by atoms with E-state index in [1.807, 2.05) is 0 Å². The highest BCUT2D eigenvalue weighted by Gasteiger charge is 2.13. The van der Waals surface area contributed by atoms with Crippen molar-refractivity contribution < 1.29 is 13.3 Å². The molecule has 1 aromatic rings. The van der Waals surface area contributed by atoms with Gasteiger partial charge in [0.1, 0.15) is 0 Å². The molecule has 0 amide bonds. The molecule has 6 nitrogen and oxygen atoms in total. The molecule has 1 rings (SSSR count).